The van der Waals surface area contributed by atoms with Crippen molar-refractivity contribution in [3.8, 4) is 22.5 Å². The summed E-state index contributed by atoms with van der Waals surface area (Å²) in [5, 5.41) is 11.5. The molecule has 0 amide bonds. The molecule has 0 saturated heterocycles. The maximum absolute atomic E-state index is 6.15. The summed E-state index contributed by atoms with van der Waals surface area (Å²) in [6.45, 7) is 0. The van der Waals surface area contributed by atoms with Crippen LogP contribution in [0.4, 0.5) is 17.1 Å². The molecule has 0 N–H and O–H groups in total. The number of benzene rings is 9. The van der Waals surface area contributed by atoms with Gasteiger partial charge in [0.2, 0.25) is 0 Å². The van der Waals surface area contributed by atoms with Gasteiger partial charge in [0.05, 0.1) is 0 Å². The van der Waals surface area contributed by atoms with Crippen molar-refractivity contribution >= 4 is 113 Å². The second kappa shape index (κ2) is 12.4. The van der Waals surface area contributed by atoms with Gasteiger partial charge in [-0.05, 0) is 105 Å². The van der Waals surface area contributed by atoms with Gasteiger partial charge in [-0.25, -0.2) is 0 Å². The van der Waals surface area contributed by atoms with Gasteiger partial charge in [0.25, 0.3) is 0 Å². The van der Waals surface area contributed by atoms with E-state index in [0.29, 0.717) is 0 Å². The van der Waals surface area contributed by atoms with Crippen molar-refractivity contribution in [3.63, 3.8) is 0 Å². The summed E-state index contributed by atoms with van der Waals surface area (Å²) in [4.78, 5) is 2.41. The van der Waals surface area contributed by atoms with Gasteiger partial charge in [-0.1, -0.05) is 115 Å². The lowest BCUT2D eigenvalue weighted by Gasteiger charge is -2.26. The number of para-hydroxylation sites is 1. The van der Waals surface area contributed by atoms with Gasteiger partial charge in [0, 0.05) is 68.4 Å². The minimum absolute atomic E-state index is 0.886. The molecule has 0 aliphatic carbocycles. The van der Waals surface area contributed by atoms with E-state index in [1.54, 1.807) is 0 Å². The highest BCUT2D eigenvalue weighted by molar-refractivity contribution is 7.26. The van der Waals surface area contributed by atoms with Crippen LogP contribution >= 0.6 is 22.7 Å². The van der Waals surface area contributed by atoms with E-state index < -0.39 is 0 Å². The average Bonchev–Trinajstić information content (AvgIpc) is 3.95. The first kappa shape index (κ1) is 31.6. The maximum Gasteiger partial charge on any atom is 0.135 e. The smallest absolute Gasteiger partial charge is 0.135 e. The minimum Gasteiger partial charge on any atom is -0.456 e. The van der Waals surface area contributed by atoms with E-state index in [1.807, 2.05) is 40.9 Å². The second-order valence-corrected chi connectivity index (χ2v) is 16.7. The quantitative estimate of drug-likeness (QED) is 0.174. The lowest BCUT2D eigenvalue weighted by Crippen LogP contribution is -2.09. The van der Waals surface area contributed by atoms with Crippen LogP contribution in [-0.4, -0.2) is 0 Å². The van der Waals surface area contributed by atoms with Crippen molar-refractivity contribution in [1.82, 2.24) is 0 Å². The van der Waals surface area contributed by atoms with Gasteiger partial charge in [-0.3, -0.25) is 0 Å². The van der Waals surface area contributed by atoms with Gasteiger partial charge in [0.1, 0.15) is 11.3 Å². The van der Waals surface area contributed by atoms with Crippen molar-refractivity contribution in [2.24, 2.45) is 0 Å². The average molecular weight is 750 g/mol. The predicted molar refractivity (Wildman–Crippen MR) is 243 cm³/mol. The standard InChI is InChI=1S/C52H31NOS2/c1-3-9-37-28-49-45(25-35(37)7-1)43-23-21-41(30-51(43)55-49)53(42-22-24-44-46-26-36-8-2-4-10-38(36)29-50(46)56-52(44)31-42)40-19-17-33(18-20-40)32-13-15-34(16-14-32)48-27-39-11-5-6-12-47(39)54-48/h1-31H. The third-order valence-electron chi connectivity index (χ3n) is 11.2. The molecule has 0 spiro atoms. The molecule has 56 heavy (non-hydrogen) atoms. The van der Waals surface area contributed by atoms with Gasteiger partial charge in [-0.15, -0.1) is 22.7 Å². The summed E-state index contributed by atoms with van der Waals surface area (Å²) in [5.41, 5.74) is 7.72. The van der Waals surface area contributed by atoms with E-state index in [1.165, 1.54) is 73.0 Å². The van der Waals surface area contributed by atoms with E-state index >= 15 is 0 Å². The number of thiophene rings is 2. The Kier molecular flexibility index (Phi) is 7.00. The first-order valence-corrected chi connectivity index (χ1v) is 20.5. The van der Waals surface area contributed by atoms with Crippen LogP contribution in [0.1, 0.15) is 0 Å². The first-order chi connectivity index (χ1) is 27.7. The second-order valence-electron chi connectivity index (χ2n) is 14.6. The molecule has 0 unspecified atom stereocenters. The largest absolute Gasteiger partial charge is 0.456 e. The van der Waals surface area contributed by atoms with Crippen LogP contribution in [-0.2, 0) is 0 Å². The SMILES string of the molecule is c1ccc2cc3c(cc2c1)sc1cc(N(c2ccc(-c4ccc(-c5cc6ccccc6o5)cc4)cc2)c2ccc4c(c2)sc2cc5ccccc5cc24)ccc13. The Morgan fingerprint density at radius 1 is 0.321 bits per heavy atom. The molecule has 0 atom stereocenters. The van der Waals surface area contributed by atoms with Crippen molar-refractivity contribution in [3.05, 3.63) is 188 Å². The number of fused-ring (bicyclic) bond motifs is 9. The molecule has 3 aromatic heterocycles. The maximum atomic E-state index is 6.15. The summed E-state index contributed by atoms with van der Waals surface area (Å²) in [5.74, 6) is 0.886. The molecule has 3 heterocycles. The predicted octanol–water partition coefficient (Wildman–Crippen LogP) is 16.3. The topological polar surface area (TPSA) is 16.4 Å². The number of rotatable bonds is 5. The number of anilines is 3. The molecule has 0 aliphatic heterocycles. The van der Waals surface area contributed by atoms with E-state index in [4.69, 9.17) is 4.42 Å². The Hall–Kier alpha value is -6.72. The summed E-state index contributed by atoms with van der Waals surface area (Å²) < 4.78 is 11.4. The zero-order valence-corrected chi connectivity index (χ0v) is 31.7. The third kappa shape index (κ3) is 5.15. The normalized spacial score (nSPS) is 11.9. The van der Waals surface area contributed by atoms with Crippen LogP contribution < -0.4 is 4.90 Å². The first-order valence-electron chi connectivity index (χ1n) is 18.9. The third-order valence-corrected chi connectivity index (χ3v) is 13.4. The summed E-state index contributed by atoms with van der Waals surface area (Å²) >= 11 is 3.75. The van der Waals surface area contributed by atoms with E-state index in [0.717, 1.165) is 39.4 Å². The van der Waals surface area contributed by atoms with E-state index in [9.17, 15) is 0 Å². The Labute approximate surface area is 330 Å². The molecule has 2 nitrogen and oxygen atoms in total. The summed E-state index contributed by atoms with van der Waals surface area (Å²) in [6.07, 6.45) is 0. The number of nitrogens with zero attached hydrogens (tertiary/aromatic N) is 1. The lowest BCUT2D eigenvalue weighted by molar-refractivity contribution is 0.631. The highest BCUT2D eigenvalue weighted by Gasteiger charge is 2.18. The fraction of sp³-hybridized carbons (Fsp3) is 0. The molecule has 0 fully saturated rings. The molecular weight excluding hydrogens is 719 g/mol. The lowest BCUT2D eigenvalue weighted by atomic mass is 10.0. The fourth-order valence-corrected chi connectivity index (χ4v) is 10.7. The number of hydrogen-bond donors (Lipinski definition) is 0. The summed E-state index contributed by atoms with van der Waals surface area (Å²) in [7, 11) is 0. The number of furan rings is 1. The van der Waals surface area contributed by atoms with Crippen molar-refractivity contribution in [2.75, 3.05) is 4.90 Å². The van der Waals surface area contributed by atoms with E-state index in [2.05, 4.69) is 175 Å². The molecule has 0 saturated carbocycles. The highest BCUT2D eigenvalue weighted by Crippen LogP contribution is 2.45. The summed E-state index contributed by atoms with van der Waals surface area (Å²) in [6, 6.07) is 68.6. The van der Waals surface area contributed by atoms with Gasteiger partial charge in [-0.2, -0.15) is 0 Å². The molecule has 9 aromatic carbocycles. The highest BCUT2D eigenvalue weighted by atomic mass is 32.1. The Balaban J connectivity index is 0.964. The fourth-order valence-electron chi connectivity index (χ4n) is 8.38. The van der Waals surface area contributed by atoms with Crippen LogP contribution in [0.3, 0.4) is 0 Å². The van der Waals surface area contributed by atoms with Crippen LogP contribution in [0.15, 0.2) is 192 Å². The molecule has 12 rings (SSSR count). The zero-order valence-electron chi connectivity index (χ0n) is 30.1. The molecule has 4 heteroatoms. The Morgan fingerprint density at radius 3 is 1.29 bits per heavy atom. The molecule has 0 aliphatic rings. The molecule has 262 valence electrons. The van der Waals surface area contributed by atoms with Crippen LogP contribution in [0.25, 0.3) is 95.3 Å². The van der Waals surface area contributed by atoms with Gasteiger partial charge in [0.15, 0.2) is 0 Å². The van der Waals surface area contributed by atoms with Crippen molar-refractivity contribution in [1.29, 1.82) is 0 Å². The van der Waals surface area contributed by atoms with E-state index in [-0.39, 0.29) is 0 Å². The van der Waals surface area contributed by atoms with Crippen LogP contribution in [0, 0.1) is 0 Å². The molecule has 0 bridgehead atoms. The van der Waals surface area contributed by atoms with Gasteiger partial charge >= 0.3 is 0 Å². The number of hydrogen-bond acceptors (Lipinski definition) is 4. The molecule has 12 aromatic rings. The monoisotopic (exact) mass is 749 g/mol. The van der Waals surface area contributed by atoms with Crippen molar-refractivity contribution in [2.45, 2.75) is 0 Å². The Morgan fingerprint density at radius 2 is 0.750 bits per heavy atom. The molecular formula is C52H31NOS2. The molecule has 0 radical (unpaired) electrons. The Bertz CT molecular complexity index is 3290. The minimum atomic E-state index is 0.886. The van der Waals surface area contributed by atoms with Crippen LogP contribution in [0.5, 0.6) is 0 Å². The van der Waals surface area contributed by atoms with Crippen molar-refractivity contribution < 1.29 is 4.42 Å². The zero-order chi connectivity index (χ0) is 36.7. The van der Waals surface area contributed by atoms with Gasteiger partial charge < -0.3 is 9.32 Å². The van der Waals surface area contributed by atoms with Crippen LogP contribution in [0.2, 0.25) is 0 Å².